The third kappa shape index (κ3) is 4.97. The molecule has 184 valence electrons. The average Bonchev–Trinajstić information content (AvgIpc) is 2.77. The molecule has 1 amide bonds. The highest BCUT2D eigenvalue weighted by atomic mass is 19.4. The monoisotopic (exact) mass is 484 g/mol. The van der Waals surface area contributed by atoms with Crippen LogP contribution in [0.2, 0.25) is 0 Å². The number of benzene rings is 2. The number of ketones is 1. The highest BCUT2D eigenvalue weighted by molar-refractivity contribution is 6.10. The van der Waals surface area contributed by atoms with Gasteiger partial charge in [-0.15, -0.1) is 0 Å². The Labute approximate surface area is 202 Å². The second-order valence-electron chi connectivity index (χ2n) is 9.74. The van der Waals surface area contributed by atoms with E-state index in [0.29, 0.717) is 35.4 Å². The van der Waals surface area contributed by atoms with Crippen molar-refractivity contribution in [3.63, 3.8) is 0 Å². The van der Waals surface area contributed by atoms with Crippen LogP contribution in [0.5, 0.6) is 5.75 Å². The third-order valence-electron chi connectivity index (χ3n) is 6.38. The molecule has 2 aromatic carbocycles. The molecule has 2 N–H and O–H groups in total. The summed E-state index contributed by atoms with van der Waals surface area (Å²) in [6.45, 7) is 5.79. The highest BCUT2D eigenvalue weighted by Gasteiger charge is 2.42. The molecule has 4 rings (SSSR count). The Morgan fingerprint density at radius 1 is 1.11 bits per heavy atom. The van der Waals surface area contributed by atoms with E-state index in [0.717, 1.165) is 23.4 Å². The van der Waals surface area contributed by atoms with Gasteiger partial charge in [0, 0.05) is 40.6 Å². The second-order valence-corrected chi connectivity index (χ2v) is 9.74. The fraction of sp³-hybridized carbons (Fsp3) is 0.333. The first-order chi connectivity index (χ1) is 16.4. The molecule has 5 nitrogen and oxygen atoms in total. The van der Waals surface area contributed by atoms with E-state index in [1.165, 1.54) is 12.1 Å². The summed E-state index contributed by atoms with van der Waals surface area (Å²) < 4.78 is 44.8. The summed E-state index contributed by atoms with van der Waals surface area (Å²) in [5, 5.41) is 5.86. The fourth-order valence-electron chi connectivity index (χ4n) is 4.84. The molecule has 1 aliphatic carbocycles. The molecular formula is C27H27F3N2O3. The van der Waals surface area contributed by atoms with Crippen LogP contribution in [0.25, 0.3) is 0 Å². The van der Waals surface area contributed by atoms with Gasteiger partial charge in [0.15, 0.2) is 5.78 Å². The number of carbonyl (C=O) groups excluding carboxylic acids is 2. The Morgan fingerprint density at radius 3 is 2.43 bits per heavy atom. The Balaban J connectivity index is 1.77. The van der Waals surface area contributed by atoms with Crippen molar-refractivity contribution < 1.29 is 27.5 Å². The normalized spacial score (nSPS) is 19.7. The van der Waals surface area contributed by atoms with Crippen LogP contribution in [-0.2, 0) is 15.8 Å². The maximum absolute atomic E-state index is 13.5. The van der Waals surface area contributed by atoms with Crippen molar-refractivity contribution >= 4 is 17.4 Å². The van der Waals surface area contributed by atoms with E-state index in [1.54, 1.807) is 38.3 Å². The molecule has 0 bridgehead atoms. The van der Waals surface area contributed by atoms with Crippen LogP contribution in [0.4, 0.5) is 18.9 Å². The third-order valence-corrected chi connectivity index (χ3v) is 6.38. The lowest BCUT2D eigenvalue weighted by Gasteiger charge is -2.39. The lowest BCUT2D eigenvalue weighted by Crippen LogP contribution is -2.39. The largest absolute Gasteiger partial charge is 0.497 e. The van der Waals surface area contributed by atoms with Gasteiger partial charge in [-0.3, -0.25) is 9.59 Å². The van der Waals surface area contributed by atoms with Gasteiger partial charge in [0.25, 0.3) is 5.91 Å². The van der Waals surface area contributed by atoms with Gasteiger partial charge in [-0.25, -0.2) is 0 Å². The number of hydrogen-bond donors (Lipinski definition) is 2. The van der Waals surface area contributed by atoms with Crippen LogP contribution in [0.15, 0.2) is 71.1 Å². The fourth-order valence-corrected chi connectivity index (χ4v) is 4.84. The van der Waals surface area contributed by atoms with Crippen molar-refractivity contribution in [3.05, 3.63) is 82.2 Å². The van der Waals surface area contributed by atoms with Crippen molar-refractivity contribution in [2.45, 2.75) is 45.7 Å². The van der Waals surface area contributed by atoms with Gasteiger partial charge in [-0.2, -0.15) is 13.2 Å². The van der Waals surface area contributed by atoms with E-state index in [1.807, 2.05) is 13.8 Å². The van der Waals surface area contributed by atoms with Crippen LogP contribution < -0.4 is 15.4 Å². The maximum Gasteiger partial charge on any atom is 0.416 e. The Kier molecular flexibility index (Phi) is 6.25. The van der Waals surface area contributed by atoms with Crippen LogP contribution in [0.3, 0.4) is 0 Å². The summed E-state index contributed by atoms with van der Waals surface area (Å²) in [6.07, 6.45) is -3.56. The zero-order valence-electron chi connectivity index (χ0n) is 20.0. The summed E-state index contributed by atoms with van der Waals surface area (Å²) in [6, 6.07) is 11.6. The summed E-state index contributed by atoms with van der Waals surface area (Å²) in [5.74, 6) is -0.657. The minimum atomic E-state index is -4.53. The van der Waals surface area contributed by atoms with Crippen LogP contribution in [-0.4, -0.2) is 18.8 Å². The molecule has 8 heteroatoms. The Bertz CT molecular complexity index is 1240. The number of Topliss-reactive ketones (excluding diaryl/α,β-unsaturated/α-hetero) is 1. The summed E-state index contributed by atoms with van der Waals surface area (Å²) >= 11 is 0. The smallest absolute Gasteiger partial charge is 0.416 e. The van der Waals surface area contributed by atoms with Gasteiger partial charge in [0.1, 0.15) is 5.75 Å². The minimum absolute atomic E-state index is 0.0227. The van der Waals surface area contributed by atoms with Crippen LogP contribution >= 0.6 is 0 Å². The lowest BCUT2D eigenvalue weighted by molar-refractivity contribution is -0.137. The van der Waals surface area contributed by atoms with Crippen molar-refractivity contribution in [1.82, 2.24) is 5.32 Å². The first-order valence-electron chi connectivity index (χ1n) is 11.3. The number of methoxy groups -OCH3 is 1. The number of hydrogen-bond acceptors (Lipinski definition) is 4. The van der Waals surface area contributed by atoms with Crippen molar-refractivity contribution in [1.29, 1.82) is 0 Å². The molecule has 2 aliphatic rings. The number of rotatable bonds is 4. The quantitative estimate of drug-likeness (QED) is 0.562. The number of dihydropyridines is 1. The molecule has 35 heavy (non-hydrogen) atoms. The van der Waals surface area contributed by atoms with Crippen molar-refractivity contribution in [3.8, 4) is 5.75 Å². The number of carbonyl (C=O) groups is 2. The molecular weight excluding hydrogens is 457 g/mol. The van der Waals surface area contributed by atoms with Gasteiger partial charge >= 0.3 is 6.18 Å². The van der Waals surface area contributed by atoms with E-state index >= 15 is 0 Å². The minimum Gasteiger partial charge on any atom is -0.497 e. The standard InChI is InChI=1S/C27H27F3N2O3/c1-15-22(25(34)32-18-7-5-6-17(12-18)27(28,29)30)23(16-8-10-19(35-4)11-9-16)24-20(31-15)13-26(2,3)14-21(24)33/h5-12,23,31H,13-14H2,1-4H3,(H,32,34). The predicted molar refractivity (Wildman–Crippen MR) is 127 cm³/mol. The van der Waals surface area contributed by atoms with E-state index < -0.39 is 23.6 Å². The summed E-state index contributed by atoms with van der Waals surface area (Å²) in [5.41, 5.74) is 1.80. The predicted octanol–water partition coefficient (Wildman–Crippen LogP) is 5.96. The topological polar surface area (TPSA) is 67.4 Å². The van der Waals surface area contributed by atoms with Crippen molar-refractivity contribution in [2.75, 3.05) is 12.4 Å². The van der Waals surface area contributed by atoms with Gasteiger partial charge < -0.3 is 15.4 Å². The van der Waals surface area contributed by atoms with Gasteiger partial charge in [-0.05, 0) is 54.7 Å². The van der Waals surface area contributed by atoms with Gasteiger partial charge in [-0.1, -0.05) is 32.0 Å². The maximum atomic E-state index is 13.5. The number of anilines is 1. The molecule has 0 aromatic heterocycles. The molecule has 2 aromatic rings. The number of ether oxygens (including phenoxy) is 1. The van der Waals surface area contributed by atoms with Gasteiger partial charge in [0.05, 0.1) is 12.7 Å². The molecule has 1 heterocycles. The van der Waals surface area contributed by atoms with Gasteiger partial charge in [0.2, 0.25) is 0 Å². The SMILES string of the molecule is COc1ccc(C2C(C(=O)Nc3cccc(C(F)(F)F)c3)=C(C)NC3=C2C(=O)CC(C)(C)C3)cc1. The highest BCUT2D eigenvalue weighted by Crippen LogP contribution is 2.47. The second kappa shape index (κ2) is 8.91. The zero-order chi connectivity index (χ0) is 25.5. The van der Waals surface area contributed by atoms with E-state index in [4.69, 9.17) is 4.74 Å². The molecule has 1 atom stereocenters. The molecule has 0 saturated carbocycles. The molecule has 1 aliphatic heterocycles. The average molecular weight is 485 g/mol. The number of allylic oxidation sites excluding steroid dienone is 3. The summed E-state index contributed by atoms with van der Waals surface area (Å²) in [7, 11) is 1.55. The molecule has 0 spiro atoms. The molecule has 1 unspecified atom stereocenters. The molecule has 0 fully saturated rings. The first-order valence-corrected chi connectivity index (χ1v) is 11.3. The zero-order valence-corrected chi connectivity index (χ0v) is 20.0. The summed E-state index contributed by atoms with van der Waals surface area (Å²) in [4.78, 5) is 26.8. The number of halogens is 3. The molecule has 0 saturated heterocycles. The van der Waals surface area contributed by atoms with E-state index in [-0.39, 0.29) is 16.9 Å². The van der Waals surface area contributed by atoms with Crippen molar-refractivity contribution in [2.24, 2.45) is 5.41 Å². The lowest BCUT2D eigenvalue weighted by atomic mass is 9.68. The van der Waals surface area contributed by atoms with Crippen LogP contribution in [0.1, 0.15) is 50.7 Å². The van der Waals surface area contributed by atoms with Crippen LogP contribution in [0, 0.1) is 5.41 Å². The number of alkyl halides is 3. The Morgan fingerprint density at radius 2 is 1.80 bits per heavy atom. The van der Waals surface area contributed by atoms with E-state index in [2.05, 4.69) is 10.6 Å². The first kappa shape index (κ1) is 24.6. The number of amides is 1. The Hall–Kier alpha value is -3.55. The van der Waals surface area contributed by atoms with E-state index in [9.17, 15) is 22.8 Å². The molecule has 0 radical (unpaired) electrons. The number of nitrogens with one attached hydrogen (secondary N) is 2.